The lowest BCUT2D eigenvalue weighted by Crippen LogP contribution is -2.37. The van der Waals surface area contributed by atoms with Crippen molar-refractivity contribution in [1.29, 1.82) is 0 Å². The summed E-state index contributed by atoms with van der Waals surface area (Å²) >= 11 is 5.98. The summed E-state index contributed by atoms with van der Waals surface area (Å²) in [5, 5.41) is 7.66. The molecule has 0 aromatic carbocycles. The van der Waals surface area contributed by atoms with Gasteiger partial charge >= 0.3 is 0 Å². The SMILES string of the molecule is CCC(CC)(CC)Nc1nc(Cl)nc(-n2cccn2)n1. The summed E-state index contributed by atoms with van der Waals surface area (Å²) in [5.74, 6) is 0.899. The highest BCUT2D eigenvalue weighted by Crippen LogP contribution is 2.24. The Kier molecular flexibility index (Phi) is 4.54. The van der Waals surface area contributed by atoms with E-state index >= 15 is 0 Å². The predicted molar refractivity (Wildman–Crippen MR) is 79.2 cm³/mol. The van der Waals surface area contributed by atoms with Gasteiger partial charge in [-0.15, -0.1) is 0 Å². The first-order valence-electron chi connectivity index (χ1n) is 6.82. The summed E-state index contributed by atoms with van der Waals surface area (Å²) in [6.07, 6.45) is 6.39. The third-order valence-corrected chi connectivity index (χ3v) is 3.88. The van der Waals surface area contributed by atoms with Crippen LogP contribution in [-0.4, -0.2) is 30.3 Å². The summed E-state index contributed by atoms with van der Waals surface area (Å²) in [7, 11) is 0. The van der Waals surface area contributed by atoms with Crippen molar-refractivity contribution in [1.82, 2.24) is 24.7 Å². The van der Waals surface area contributed by atoms with Gasteiger partial charge in [-0.2, -0.15) is 20.1 Å². The number of aromatic nitrogens is 5. The molecule has 2 aromatic rings. The highest BCUT2D eigenvalue weighted by atomic mass is 35.5. The molecule has 0 saturated carbocycles. The summed E-state index contributed by atoms with van der Waals surface area (Å²) < 4.78 is 1.56. The van der Waals surface area contributed by atoms with Gasteiger partial charge < -0.3 is 5.32 Å². The van der Waals surface area contributed by atoms with Crippen molar-refractivity contribution in [2.45, 2.75) is 45.6 Å². The van der Waals surface area contributed by atoms with Crippen molar-refractivity contribution < 1.29 is 0 Å². The van der Waals surface area contributed by atoms with Crippen LogP contribution in [0, 0.1) is 0 Å². The van der Waals surface area contributed by atoms with E-state index < -0.39 is 0 Å². The predicted octanol–water partition coefficient (Wildman–Crippen LogP) is 3.09. The minimum absolute atomic E-state index is 0.0218. The Morgan fingerprint density at radius 2 is 1.85 bits per heavy atom. The van der Waals surface area contributed by atoms with Crippen LogP contribution < -0.4 is 5.32 Å². The maximum absolute atomic E-state index is 5.98. The number of anilines is 1. The molecule has 108 valence electrons. The van der Waals surface area contributed by atoms with E-state index in [4.69, 9.17) is 11.6 Å². The van der Waals surface area contributed by atoms with Crippen molar-refractivity contribution in [3.8, 4) is 5.95 Å². The summed E-state index contributed by atoms with van der Waals surface area (Å²) in [6, 6.07) is 1.80. The Labute approximate surface area is 123 Å². The van der Waals surface area contributed by atoms with E-state index in [1.165, 1.54) is 0 Å². The zero-order valence-corrected chi connectivity index (χ0v) is 12.7. The number of halogens is 1. The quantitative estimate of drug-likeness (QED) is 0.886. The molecule has 0 amide bonds. The van der Waals surface area contributed by atoms with Gasteiger partial charge in [0.1, 0.15) is 0 Å². The number of rotatable bonds is 6. The van der Waals surface area contributed by atoms with Gasteiger partial charge in [0.05, 0.1) is 0 Å². The molecule has 20 heavy (non-hydrogen) atoms. The first kappa shape index (κ1) is 14.7. The van der Waals surface area contributed by atoms with E-state index in [1.807, 2.05) is 0 Å². The molecule has 0 aliphatic heterocycles. The van der Waals surface area contributed by atoms with Crippen LogP contribution >= 0.6 is 11.6 Å². The van der Waals surface area contributed by atoms with E-state index in [1.54, 1.807) is 23.1 Å². The molecule has 0 saturated heterocycles. The van der Waals surface area contributed by atoms with Crippen LogP contribution in [0.15, 0.2) is 18.5 Å². The van der Waals surface area contributed by atoms with Crippen LogP contribution in [0.25, 0.3) is 5.95 Å². The van der Waals surface area contributed by atoms with Crippen LogP contribution in [0.2, 0.25) is 5.28 Å². The van der Waals surface area contributed by atoms with Crippen LogP contribution in [-0.2, 0) is 0 Å². The van der Waals surface area contributed by atoms with Gasteiger partial charge in [-0.3, -0.25) is 0 Å². The largest absolute Gasteiger partial charge is 0.349 e. The molecule has 0 unspecified atom stereocenters. The molecule has 0 aliphatic rings. The second-order valence-electron chi connectivity index (χ2n) is 4.64. The smallest absolute Gasteiger partial charge is 0.256 e. The highest BCUT2D eigenvalue weighted by molar-refractivity contribution is 6.28. The normalized spacial score (nSPS) is 11.6. The molecule has 0 fully saturated rings. The average Bonchev–Trinajstić information content (AvgIpc) is 2.98. The molecule has 0 bridgehead atoms. The molecule has 0 atom stereocenters. The van der Waals surface area contributed by atoms with Gasteiger partial charge in [-0.1, -0.05) is 20.8 Å². The first-order valence-corrected chi connectivity index (χ1v) is 7.20. The van der Waals surface area contributed by atoms with E-state index in [9.17, 15) is 0 Å². The van der Waals surface area contributed by atoms with Gasteiger partial charge in [0.25, 0.3) is 5.95 Å². The third kappa shape index (κ3) is 3.07. The summed E-state index contributed by atoms with van der Waals surface area (Å²) in [4.78, 5) is 12.6. The van der Waals surface area contributed by atoms with Crippen LogP contribution in [0.3, 0.4) is 0 Å². The topological polar surface area (TPSA) is 68.5 Å². The molecule has 2 aromatic heterocycles. The van der Waals surface area contributed by atoms with Crippen molar-refractivity contribution in [2.24, 2.45) is 0 Å². The fourth-order valence-electron chi connectivity index (χ4n) is 2.14. The fourth-order valence-corrected chi connectivity index (χ4v) is 2.29. The molecule has 0 aliphatic carbocycles. The highest BCUT2D eigenvalue weighted by Gasteiger charge is 2.25. The number of nitrogens with zero attached hydrogens (tertiary/aromatic N) is 5. The second-order valence-corrected chi connectivity index (χ2v) is 4.98. The van der Waals surface area contributed by atoms with E-state index in [2.05, 4.69) is 46.1 Å². The fraction of sp³-hybridized carbons (Fsp3) is 0.538. The van der Waals surface area contributed by atoms with Crippen molar-refractivity contribution in [3.63, 3.8) is 0 Å². The van der Waals surface area contributed by atoms with Gasteiger partial charge in [0.15, 0.2) is 0 Å². The van der Waals surface area contributed by atoms with E-state index in [-0.39, 0.29) is 10.8 Å². The minimum Gasteiger partial charge on any atom is -0.349 e. The Morgan fingerprint density at radius 1 is 1.15 bits per heavy atom. The van der Waals surface area contributed by atoms with Crippen molar-refractivity contribution in [2.75, 3.05) is 5.32 Å². The van der Waals surface area contributed by atoms with Gasteiger partial charge in [0, 0.05) is 17.9 Å². The molecule has 1 N–H and O–H groups in total. The Morgan fingerprint density at radius 3 is 2.40 bits per heavy atom. The maximum atomic E-state index is 5.98. The van der Waals surface area contributed by atoms with Gasteiger partial charge in [-0.05, 0) is 36.9 Å². The Hall–Kier alpha value is -1.69. The zero-order chi connectivity index (χ0) is 14.6. The second kappa shape index (κ2) is 6.17. The number of hydrogen-bond acceptors (Lipinski definition) is 5. The molecule has 2 rings (SSSR count). The Balaban J connectivity index is 2.33. The molecular formula is C13H19ClN6. The molecule has 7 heteroatoms. The molecule has 0 radical (unpaired) electrons. The molecule has 6 nitrogen and oxygen atoms in total. The summed E-state index contributed by atoms with van der Waals surface area (Å²) in [5.41, 5.74) is -0.0218. The number of hydrogen-bond donors (Lipinski definition) is 1. The molecule has 2 heterocycles. The summed E-state index contributed by atoms with van der Waals surface area (Å²) in [6.45, 7) is 6.45. The van der Waals surface area contributed by atoms with Crippen molar-refractivity contribution in [3.05, 3.63) is 23.7 Å². The lowest BCUT2D eigenvalue weighted by atomic mass is 9.90. The van der Waals surface area contributed by atoms with Crippen LogP contribution in [0.4, 0.5) is 5.95 Å². The van der Waals surface area contributed by atoms with Crippen LogP contribution in [0.1, 0.15) is 40.0 Å². The van der Waals surface area contributed by atoms with E-state index in [0.717, 1.165) is 19.3 Å². The standard InChI is InChI=1S/C13H19ClN6/c1-4-13(5-2,6-3)19-11-16-10(14)17-12(18-11)20-9-7-8-15-20/h7-9H,4-6H2,1-3H3,(H,16,17,18,19). The van der Waals surface area contributed by atoms with Crippen LogP contribution in [0.5, 0.6) is 0 Å². The van der Waals surface area contributed by atoms with Crippen molar-refractivity contribution >= 4 is 17.5 Å². The lowest BCUT2D eigenvalue weighted by Gasteiger charge is -2.31. The zero-order valence-electron chi connectivity index (χ0n) is 12.0. The van der Waals surface area contributed by atoms with Gasteiger partial charge in [0.2, 0.25) is 11.2 Å². The average molecular weight is 295 g/mol. The molecular weight excluding hydrogens is 276 g/mol. The number of nitrogens with one attached hydrogen (secondary N) is 1. The maximum Gasteiger partial charge on any atom is 0.256 e. The minimum atomic E-state index is -0.0218. The Bertz CT molecular complexity index is 542. The lowest BCUT2D eigenvalue weighted by molar-refractivity contribution is 0.417. The van der Waals surface area contributed by atoms with Gasteiger partial charge in [-0.25, -0.2) is 4.68 Å². The molecule has 0 spiro atoms. The third-order valence-electron chi connectivity index (χ3n) is 3.71. The monoisotopic (exact) mass is 294 g/mol. The van der Waals surface area contributed by atoms with E-state index in [0.29, 0.717) is 11.9 Å². The first-order chi connectivity index (χ1) is 9.62.